The molecular weight excluding hydrogens is 374 g/mol. The fourth-order valence-corrected chi connectivity index (χ4v) is 3.38. The zero-order valence-corrected chi connectivity index (χ0v) is 17.9. The van der Waals surface area contributed by atoms with Gasteiger partial charge in [0.15, 0.2) is 0 Å². The molecule has 3 aromatic carbocycles. The molecule has 4 heteroatoms. The SMILES string of the molecule is CCCC(C)NC(=O)c1ccc(OC)c(COc2ccc(-c3ccccc3)cc2)c1. The molecule has 0 radical (unpaired) electrons. The lowest BCUT2D eigenvalue weighted by atomic mass is 10.1. The number of rotatable bonds is 9. The molecule has 0 aromatic heterocycles. The normalized spacial score (nSPS) is 11.6. The lowest BCUT2D eigenvalue weighted by molar-refractivity contribution is 0.0938. The van der Waals surface area contributed by atoms with E-state index in [0.717, 1.165) is 29.7 Å². The number of methoxy groups -OCH3 is 1. The molecule has 156 valence electrons. The summed E-state index contributed by atoms with van der Waals surface area (Å²) in [4.78, 5) is 12.5. The van der Waals surface area contributed by atoms with E-state index in [1.165, 1.54) is 5.56 Å². The molecule has 4 nitrogen and oxygen atoms in total. The van der Waals surface area contributed by atoms with E-state index < -0.39 is 0 Å². The molecule has 1 unspecified atom stereocenters. The summed E-state index contributed by atoms with van der Waals surface area (Å²) in [6.07, 6.45) is 1.99. The minimum absolute atomic E-state index is 0.0768. The van der Waals surface area contributed by atoms with Crippen molar-refractivity contribution < 1.29 is 14.3 Å². The third kappa shape index (κ3) is 5.63. The Hall–Kier alpha value is -3.27. The first-order valence-electron chi connectivity index (χ1n) is 10.4. The summed E-state index contributed by atoms with van der Waals surface area (Å²) in [5.41, 5.74) is 3.75. The number of benzene rings is 3. The van der Waals surface area contributed by atoms with Crippen LogP contribution in [0, 0.1) is 0 Å². The standard InChI is InChI=1S/C26H29NO3/c1-4-8-19(2)27-26(28)22-13-16-25(29-3)23(17-22)18-30-24-14-11-21(12-15-24)20-9-6-5-7-10-20/h5-7,9-17,19H,4,8,18H2,1-3H3,(H,27,28). The third-order valence-electron chi connectivity index (χ3n) is 5.00. The lowest BCUT2D eigenvalue weighted by Crippen LogP contribution is -2.32. The van der Waals surface area contributed by atoms with Gasteiger partial charge in [0.25, 0.3) is 5.91 Å². The van der Waals surface area contributed by atoms with Gasteiger partial charge in [0.05, 0.1) is 7.11 Å². The maximum Gasteiger partial charge on any atom is 0.251 e. The van der Waals surface area contributed by atoms with Crippen LogP contribution in [0.1, 0.15) is 42.6 Å². The lowest BCUT2D eigenvalue weighted by Gasteiger charge is -2.15. The molecule has 0 aliphatic carbocycles. The molecular formula is C26H29NO3. The Kier molecular flexibility index (Phi) is 7.50. The average molecular weight is 404 g/mol. The Labute approximate surface area is 178 Å². The Balaban J connectivity index is 1.68. The minimum Gasteiger partial charge on any atom is -0.496 e. The van der Waals surface area contributed by atoms with Crippen molar-refractivity contribution in [3.63, 3.8) is 0 Å². The third-order valence-corrected chi connectivity index (χ3v) is 5.00. The van der Waals surface area contributed by atoms with Crippen molar-refractivity contribution in [1.29, 1.82) is 0 Å². The van der Waals surface area contributed by atoms with E-state index >= 15 is 0 Å². The van der Waals surface area contributed by atoms with E-state index in [1.54, 1.807) is 13.2 Å². The summed E-state index contributed by atoms with van der Waals surface area (Å²) in [6.45, 7) is 4.45. The van der Waals surface area contributed by atoms with Gasteiger partial charge in [0.2, 0.25) is 0 Å². The monoisotopic (exact) mass is 403 g/mol. The van der Waals surface area contributed by atoms with Gasteiger partial charge < -0.3 is 14.8 Å². The Morgan fingerprint density at radius 2 is 1.67 bits per heavy atom. The maximum atomic E-state index is 12.5. The van der Waals surface area contributed by atoms with Crippen molar-refractivity contribution in [2.24, 2.45) is 0 Å². The number of ether oxygens (including phenoxy) is 2. The molecule has 0 fully saturated rings. The second kappa shape index (κ2) is 10.5. The highest BCUT2D eigenvalue weighted by atomic mass is 16.5. The topological polar surface area (TPSA) is 47.6 Å². The van der Waals surface area contributed by atoms with Crippen LogP contribution in [0.4, 0.5) is 0 Å². The number of hydrogen-bond donors (Lipinski definition) is 1. The largest absolute Gasteiger partial charge is 0.496 e. The van der Waals surface area contributed by atoms with Crippen molar-refractivity contribution in [2.45, 2.75) is 39.3 Å². The van der Waals surface area contributed by atoms with Crippen LogP contribution < -0.4 is 14.8 Å². The summed E-state index contributed by atoms with van der Waals surface area (Å²) >= 11 is 0. The van der Waals surface area contributed by atoms with Gasteiger partial charge in [-0.15, -0.1) is 0 Å². The van der Waals surface area contributed by atoms with Crippen LogP contribution in [0.25, 0.3) is 11.1 Å². The van der Waals surface area contributed by atoms with E-state index in [1.807, 2.05) is 61.5 Å². The first-order chi connectivity index (χ1) is 14.6. The molecule has 0 heterocycles. The van der Waals surface area contributed by atoms with Crippen LogP contribution in [0.3, 0.4) is 0 Å². The first kappa shape index (κ1) is 21.4. The van der Waals surface area contributed by atoms with Crippen molar-refractivity contribution in [2.75, 3.05) is 7.11 Å². The average Bonchev–Trinajstić information content (AvgIpc) is 2.78. The molecule has 1 atom stereocenters. The molecule has 0 bridgehead atoms. The highest BCUT2D eigenvalue weighted by Crippen LogP contribution is 2.25. The Bertz CT molecular complexity index is 952. The van der Waals surface area contributed by atoms with Crippen LogP contribution in [0.15, 0.2) is 72.8 Å². The van der Waals surface area contributed by atoms with E-state index in [4.69, 9.17) is 9.47 Å². The number of hydrogen-bond acceptors (Lipinski definition) is 3. The van der Waals surface area contributed by atoms with Crippen LogP contribution in [-0.4, -0.2) is 19.1 Å². The molecule has 0 spiro atoms. The van der Waals surface area contributed by atoms with E-state index in [-0.39, 0.29) is 11.9 Å². The second-order valence-corrected chi connectivity index (χ2v) is 7.37. The molecule has 1 amide bonds. The highest BCUT2D eigenvalue weighted by Gasteiger charge is 2.13. The minimum atomic E-state index is -0.0768. The molecule has 1 N–H and O–H groups in total. The smallest absolute Gasteiger partial charge is 0.251 e. The van der Waals surface area contributed by atoms with Gasteiger partial charge in [-0.2, -0.15) is 0 Å². The van der Waals surface area contributed by atoms with Gasteiger partial charge in [-0.25, -0.2) is 0 Å². The maximum absolute atomic E-state index is 12.5. The summed E-state index contributed by atoms with van der Waals surface area (Å²) in [7, 11) is 1.62. The fourth-order valence-electron chi connectivity index (χ4n) is 3.38. The molecule has 3 rings (SSSR count). The van der Waals surface area contributed by atoms with Crippen molar-refractivity contribution in [3.05, 3.63) is 83.9 Å². The first-order valence-corrected chi connectivity index (χ1v) is 10.4. The zero-order valence-electron chi connectivity index (χ0n) is 17.9. The van der Waals surface area contributed by atoms with Gasteiger partial charge >= 0.3 is 0 Å². The molecule has 0 saturated heterocycles. The quantitative estimate of drug-likeness (QED) is 0.487. The summed E-state index contributed by atoms with van der Waals surface area (Å²) in [6, 6.07) is 23.8. The van der Waals surface area contributed by atoms with Crippen LogP contribution >= 0.6 is 0 Å². The van der Waals surface area contributed by atoms with Gasteiger partial charge in [-0.05, 0) is 54.8 Å². The number of nitrogens with one attached hydrogen (secondary N) is 1. The molecule has 0 aliphatic rings. The summed E-state index contributed by atoms with van der Waals surface area (Å²) < 4.78 is 11.4. The molecule has 0 aliphatic heterocycles. The molecule has 30 heavy (non-hydrogen) atoms. The summed E-state index contributed by atoms with van der Waals surface area (Å²) in [5.74, 6) is 1.39. The highest BCUT2D eigenvalue weighted by molar-refractivity contribution is 5.94. The van der Waals surface area contributed by atoms with Crippen LogP contribution in [-0.2, 0) is 6.61 Å². The van der Waals surface area contributed by atoms with Gasteiger partial charge in [0, 0.05) is 17.2 Å². The van der Waals surface area contributed by atoms with Crippen molar-refractivity contribution in [3.8, 4) is 22.6 Å². The Morgan fingerprint density at radius 1 is 0.967 bits per heavy atom. The predicted molar refractivity (Wildman–Crippen MR) is 121 cm³/mol. The van der Waals surface area contributed by atoms with Crippen LogP contribution in [0.5, 0.6) is 11.5 Å². The van der Waals surface area contributed by atoms with Gasteiger partial charge in [-0.1, -0.05) is 55.8 Å². The van der Waals surface area contributed by atoms with E-state index in [0.29, 0.717) is 17.9 Å². The van der Waals surface area contributed by atoms with Crippen molar-refractivity contribution >= 4 is 5.91 Å². The zero-order chi connectivity index (χ0) is 21.3. The van der Waals surface area contributed by atoms with Crippen molar-refractivity contribution in [1.82, 2.24) is 5.32 Å². The van der Waals surface area contributed by atoms with Crippen LogP contribution in [0.2, 0.25) is 0 Å². The second-order valence-electron chi connectivity index (χ2n) is 7.37. The predicted octanol–water partition coefficient (Wildman–Crippen LogP) is 5.86. The molecule has 3 aromatic rings. The fraction of sp³-hybridized carbons (Fsp3) is 0.269. The van der Waals surface area contributed by atoms with Gasteiger partial charge in [0.1, 0.15) is 18.1 Å². The number of carbonyl (C=O) groups is 1. The number of carbonyl (C=O) groups excluding carboxylic acids is 1. The summed E-state index contributed by atoms with van der Waals surface area (Å²) in [5, 5.41) is 3.04. The van der Waals surface area contributed by atoms with E-state index in [2.05, 4.69) is 24.4 Å². The van der Waals surface area contributed by atoms with Gasteiger partial charge in [-0.3, -0.25) is 4.79 Å². The number of amides is 1. The van der Waals surface area contributed by atoms with E-state index in [9.17, 15) is 4.79 Å². The Morgan fingerprint density at radius 3 is 2.33 bits per heavy atom. The molecule has 0 saturated carbocycles.